The van der Waals surface area contributed by atoms with Gasteiger partial charge < -0.3 is 4.57 Å². The van der Waals surface area contributed by atoms with Crippen molar-refractivity contribution in [2.45, 2.75) is 6.54 Å². The van der Waals surface area contributed by atoms with Crippen LogP contribution in [0.1, 0.15) is 5.56 Å². The highest BCUT2D eigenvalue weighted by Gasteiger charge is 2.14. The zero-order valence-corrected chi connectivity index (χ0v) is 11.1. The molecule has 6 heteroatoms. The van der Waals surface area contributed by atoms with Gasteiger partial charge in [0.25, 0.3) is 5.69 Å². The summed E-state index contributed by atoms with van der Waals surface area (Å²) in [6.07, 6.45) is 5.09. The molecule has 0 aliphatic rings. The van der Waals surface area contributed by atoms with Gasteiger partial charge in [0.1, 0.15) is 0 Å². The second-order valence-electron chi connectivity index (χ2n) is 4.38. The molecule has 100 valence electrons. The maximum Gasteiger partial charge on any atom is 0.278 e. The van der Waals surface area contributed by atoms with Crippen LogP contribution in [0.5, 0.6) is 0 Å². The highest BCUT2D eigenvalue weighted by molar-refractivity contribution is 6.31. The summed E-state index contributed by atoms with van der Waals surface area (Å²) in [5, 5.41) is 12.2. The number of pyridine rings is 1. The zero-order valence-electron chi connectivity index (χ0n) is 10.4. The topological polar surface area (TPSA) is 61.0 Å². The summed E-state index contributed by atoms with van der Waals surface area (Å²) in [5.74, 6) is 0. The van der Waals surface area contributed by atoms with Crippen LogP contribution in [-0.2, 0) is 6.54 Å². The summed E-state index contributed by atoms with van der Waals surface area (Å²) in [6, 6.07) is 8.64. The predicted octanol–water partition coefficient (Wildman–Crippen LogP) is 3.65. The van der Waals surface area contributed by atoms with Crippen molar-refractivity contribution in [1.29, 1.82) is 0 Å². The third-order valence-electron chi connectivity index (χ3n) is 3.18. The molecule has 2 heterocycles. The van der Waals surface area contributed by atoms with Crippen molar-refractivity contribution in [2.75, 3.05) is 0 Å². The lowest BCUT2D eigenvalue weighted by molar-refractivity contribution is -0.383. The van der Waals surface area contributed by atoms with Gasteiger partial charge in [-0.2, -0.15) is 0 Å². The van der Waals surface area contributed by atoms with E-state index in [9.17, 15) is 10.1 Å². The quantitative estimate of drug-likeness (QED) is 0.546. The van der Waals surface area contributed by atoms with Crippen LogP contribution in [0.25, 0.3) is 10.9 Å². The van der Waals surface area contributed by atoms with E-state index < -0.39 is 0 Å². The Balaban J connectivity index is 2.08. The lowest BCUT2D eigenvalue weighted by atomic mass is 10.2. The van der Waals surface area contributed by atoms with Crippen LogP contribution >= 0.6 is 11.6 Å². The summed E-state index contributed by atoms with van der Waals surface area (Å²) >= 11 is 6.09. The molecular weight excluding hydrogens is 278 g/mol. The van der Waals surface area contributed by atoms with Crippen LogP contribution in [0.15, 0.2) is 48.9 Å². The monoisotopic (exact) mass is 287 g/mol. The Morgan fingerprint density at radius 1 is 1.30 bits per heavy atom. The Bertz CT molecular complexity index is 798. The normalized spacial score (nSPS) is 10.8. The molecule has 0 fully saturated rings. The molecule has 1 aromatic carbocycles. The smallest absolute Gasteiger partial charge is 0.278 e. The zero-order chi connectivity index (χ0) is 14.1. The first-order chi connectivity index (χ1) is 9.66. The molecule has 0 saturated carbocycles. The number of halogens is 1. The van der Waals surface area contributed by atoms with E-state index in [1.165, 1.54) is 6.07 Å². The number of hydrogen-bond donors (Lipinski definition) is 0. The van der Waals surface area contributed by atoms with Crippen LogP contribution in [0.3, 0.4) is 0 Å². The fourth-order valence-electron chi connectivity index (χ4n) is 2.22. The van der Waals surface area contributed by atoms with Gasteiger partial charge in [0.05, 0.1) is 20.8 Å². The lowest BCUT2D eigenvalue weighted by Gasteiger charge is -2.07. The van der Waals surface area contributed by atoms with Crippen LogP contribution in [0.4, 0.5) is 5.69 Å². The lowest BCUT2D eigenvalue weighted by Crippen LogP contribution is -1.99. The molecule has 0 bridgehead atoms. The number of benzene rings is 1. The fraction of sp³-hybridized carbons (Fsp3) is 0.0714. The van der Waals surface area contributed by atoms with Crippen LogP contribution in [0.2, 0.25) is 5.02 Å². The second-order valence-corrected chi connectivity index (χ2v) is 4.78. The summed E-state index contributed by atoms with van der Waals surface area (Å²) < 4.78 is 1.93. The summed E-state index contributed by atoms with van der Waals surface area (Å²) in [4.78, 5) is 14.6. The van der Waals surface area contributed by atoms with Crippen LogP contribution in [0, 0.1) is 10.1 Å². The van der Waals surface area contributed by atoms with Gasteiger partial charge in [-0.1, -0.05) is 17.7 Å². The van der Waals surface area contributed by atoms with Gasteiger partial charge in [0, 0.05) is 31.2 Å². The van der Waals surface area contributed by atoms with Gasteiger partial charge in [-0.15, -0.1) is 0 Å². The van der Waals surface area contributed by atoms with Crippen molar-refractivity contribution >= 4 is 28.2 Å². The number of nitrogens with zero attached hydrogens (tertiary/aromatic N) is 3. The van der Waals surface area contributed by atoms with Crippen molar-refractivity contribution in [3.8, 4) is 0 Å². The standard InChI is InChI=1S/C14H10ClN3O2/c15-12-8-16-6-4-10(12)9-17-7-5-11-13(17)2-1-3-14(11)18(19)20/h1-8H,9H2. The van der Waals surface area contributed by atoms with E-state index in [1.54, 1.807) is 24.5 Å². The number of nitro groups is 1. The Kier molecular flexibility index (Phi) is 3.12. The number of aromatic nitrogens is 2. The molecule has 0 aliphatic carbocycles. The highest BCUT2D eigenvalue weighted by atomic mass is 35.5. The van der Waals surface area contributed by atoms with Crippen molar-refractivity contribution < 1.29 is 4.92 Å². The van der Waals surface area contributed by atoms with Gasteiger partial charge in [0.2, 0.25) is 0 Å². The first-order valence-electron chi connectivity index (χ1n) is 5.97. The van der Waals surface area contributed by atoms with Crippen molar-refractivity contribution in [3.05, 3.63) is 69.6 Å². The van der Waals surface area contributed by atoms with E-state index in [1.807, 2.05) is 22.9 Å². The van der Waals surface area contributed by atoms with E-state index in [4.69, 9.17) is 11.6 Å². The van der Waals surface area contributed by atoms with Crippen molar-refractivity contribution in [2.24, 2.45) is 0 Å². The molecule has 0 aliphatic heterocycles. The largest absolute Gasteiger partial charge is 0.343 e. The Morgan fingerprint density at radius 3 is 2.90 bits per heavy atom. The van der Waals surface area contributed by atoms with Crippen molar-refractivity contribution in [1.82, 2.24) is 9.55 Å². The number of rotatable bonds is 3. The van der Waals surface area contributed by atoms with Crippen LogP contribution < -0.4 is 0 Å². The minimum Gasteiger partial charge on any atom is -0.343 e. The molecule has 0 N–H and O–H groups in total. The van der Waals surface area contributed by atoms with Gasteiger partial charge in [-0.3, -0.25) is 15.1 Å². The summed E-state index contributed by atoms with van der Waals surface area (Å²) in [7, 11) is 0. The van der Waals surface area contributed by atoms with E-state index in [0.717, 1.165) is 11.1 Å². The Morgan fingerprint density at radius 2 is 2.15 bits per heavy atom. The molecule has 0 atom stereocenters. The molecule has 3 aromatic rings. The molecule has 0 amide bonds. The molecule has 5 nitrogen and oxygen atoms in total. The second kappa shape index (κ2) is 4.94. The predicted molar refractivity (Wildman–Crippen MR) is 76.9 cm³/mol. The average Bonchev–Trinajstić information content (AvgIpc) is 2.84. The first kappa shape index (κ1) is 12.6. The molecule has 2 aromatic heterocycles. The number of nitro benzene ring substituents is 1. The van der Waals surface area contributed by atoms with Gasteiger partial charge in [-0.25, -0.2) is 0 Å². The third-order valence-corrected chi connectivity index (χ3v) is 3.52. The van der Waals surface area contributed by atoms with Crippen LogP contribution in [-0.4, -0.2) is 14.5 Å². The summed E-state index contributed by atoms with van der Waals surface area (Å²) in [6.45, 7) is 0.548. The number of hydrogen-bond acceptors (Lipinski definition) is 3. The Labute approximate surface area is 119 Å². The molecular formula is C14H10ClN3O2. The van der Waals surface area contributed by atoms with Gasteiger partial charge in [-0.05, 0) is 23.8 Å². The molecule has 3 rings (SSSR count). The molecule has 0 spiro atoms. The van der Waals surface area contributed by atoms with Gasteiger partial charge >= 0.3 is 0 Å². The minimum absolute atomic E-state index is 0.113. The summed E-state index contributed by atoms with van der Waals surface area (Å²) in [5.41, 5.74) is 1.85. The van der Waals surface area contributed by atoms with E-state index in [2.05, 4.69) is 4.98 Å². The average molecular weight is 288 g/mol. The van der Waals surface area contributed by atoms with Gasteiger partial charge in [0.15, 0.2) is 0 Å². The molecule has 0 saturated heterocycles. The van der Waals surface area contributed by atoms with E-state index in [0.29, 0.717) is 17.0 Å². The molecule has 0 unspecified atom stereocenters. The van der Waals surface area contributed by atoms with E-state index >= 15 is 0 Å². The number of fused-ring (bicyclic) bond motifs is 1. The minimum atomic E-state index is -0.369. The SMILES string of the molecule is O=[N+]([O-])c1cccc2c1ccn2Cc1ccncc1Cl. The first-order valence-corrected chi connectivity index (χ1v) is 6.35. The molecule has 20 heavy (non-hydrogen) atoms. The fourth-order valence-corrected chi connectivity index (χ4v) is 2.40. The Hall–Kier alpha value is -2.40. The third kappa shape index (κ3) is 2.12. The maximum absolute atomic E-state index is 11.0. The maximum atomic E-state index is 11.0. The molecule has 0 radical (unpaired) electrons. The highest BCUT2D eigenvalue weighted by Crippen LogP contribution is 2.27. The van der Waals surface area contributed by atoms with Crippen molar-refractivity contribution in [3.63, 3.8) is 0 Å². The van der Waals surface area contributed by atoms with E-state index in [-0.39, 0.29) is 10.6 Å². The number of non-ortho nitro benzene ring substituents is 1.